The van der Waals surface area contributed by atoms with Gasteiger partial charge in [0.15, 0.2) is 0 Å². The molecule has 1 rings (SSSR count). The molecule has 0 aliphatic heterocycles. The highest BCUT2D eigenvalue weighted by Gasteiger charge is 2.14. The Hall–Kier alpha value is -1.60. The SMILES string of the molecule is CC(N)c1c(F)cccc1N(C)CCC#N. The summed E-state index contributed by atoms with van der Waals surface area (Å²) in [5, 5.41) is 8.52. The Kier molecular flexibility index (Phi) is 4.27. The first-order valence-corrected chi connectivity index (χ1v) is 5.20. The van der Waals surface area contributed by atoms with Crippen LogP contribution in [0.2, 0.25) is 0 Å². The molecule has 0 fully saturated rings. The summed E-state index contributed by atoms with van der Waals surface area (Å²) in [4.78, 5) is 1.85. The van der Waals surface area contributed by atoms with Gasteiger partial charge < -0.3 is 10.6 Å². The zero-order valence-electron chi connectivity index (χ0n) is 9.57. The lowest BCUT2D eigenvalue weighted by Gasteiger charge is -2.23. The maximum absolute atomic E-state index is 13.6. The van der Waals surface area contributed by atoms with Gasteiger partial charge in [0, 0.05) is 30.9 Å². The number of nitriles is 1. The van der Waals surface area contributed by atoms with Gasteiger partial charge in [0.25, 0.3) is 0 Å². The van der Waals surface area contributed by atoms with Crippen molar-refractivity contribution in [1.82, 2.24) is 0 Å². The third-order valence-electron chi connectivity index (χ3n) is 2.46. The van der Waals surface area contributed by atoms with Crippen LogP contribution >= 0.6 is 0 Å². The number of nitrogens with zero attached hydrogens (tertiary/aromatic N) is 2. The van der Waals surface area contributed by atoms with E-state index >= 15 is 0 Å². The average molecular weight is 221 g/mol. The minimum Gasteiger partial charge on any atom is -0.373 e. The van der Waals surface area contributed by atoms with E-state index in [-0.39, 0.29) is 11.9 Å². The first-order chi connectivity index (χ1) is 7.57. The maximum atomic E-state index is 13.6. The summed E-state index contributed by atoms with van der Waals surface area (Å²) in [5.41, 5.74) is 7.01. The van der Waals surface area contributed by atoms with E-state index in [4.69, 9.17) is 11.0 Å². The molecule has 0 aliphatic carbocycles. The van der Waals surface area contributed by atoms with Crippen molar-refractivity contribution in [3.8, 4) is 6.07 Å². The van der Waals surface area contributed by atoms with Crippen molar-refractivity contribution < 1.29 is 4.39 Å². The summed E-state index contributed by atoms with van der Waals surface area (Å²) in [6, 6.07) is 6.58. The molecule has 3 nitrogen and oxygen atoms in total. The summed E-state index contributed by atoms with van der Waals surface area (Å²) in [7, 11) is 1.83. The molecule has 0 saturated carbocycles. The van der Waals surface area contributed by atoms with E-state index in [1.54, 1.807) is 13.0 Å². The van der Waals surface area contributed by atoms with E-state index in [9.17, 15) is 4.39 Å². The zero-order valence-corrected chi connectivity index (χ0v) is 9.57. The molecule has 86 valence electrons. The van der Waals surface area contributed by atoms with Crippen LogP contribution in [0.5, 0.6) is 0 Å². The fourth-order valence-electron chi connectivity index (χ4n) is 1.65. The Morgan fingerprint density at radius 3 is 2.81 bits per heavy atom. The lowest BCUT2D eigenvalue weighted by atomic mass is 10.1. The van der Waals surface area contributed by atoms with Gasteiger partial charge in [-0.1, -0.05) is 6.07 Å². The molecule has 0 radical (unpaired) electrons. The minimum atomic E-state index is -0.360. The lowest BCUT2D eigenvalue weighted by molar-refractivity contribution is 0.592. The molecule has 0 bridgehead atoms. The van der Waals surface area contributed by atoms with Crippen LogP contribution in [0, 0.1) is 17.1 Å². The van der Waals surface area contributed by atoms with Gasteiger partial charge >= 0.3 is 0 Å². The summed E-state index contributed by atoms with van der Waals surface area (Å²) in [6.45, 7) is 2.32. The Morgan fingerprint density at radius 1 is 1.56 bits per heavy atom. The van der Waals surface area contributed by atoms with Crippen molar-refractivity contribution in [3.05, 3.63) is 29.6 Å². The fourth-order valence-corrected chi connectivity index (χ4v) is 1.65. The van der Waals surface area contributed by atoms with Crippen LogP contribution in [0.25, 0.3) is 0 Å². The number of hydrogen-bond donors (Lipinski definition) is 1. The van der Waals surface area contributed by atoms with E-state index in [0.717, 1.165) is 5.69 Å². The molecule has 0 spiro atoms. The van der Waals surface area contributed by atoms with Crippen LogP contribution in [-0.4, -0.2) is 13.6 Å². The van der Waals surface area contributed by atoms with Crippen molar-refractivity contribution in [2.45, 2.75) is 19.4 Å². The normalized spacial score (nSPS) is 11.9. The average Bonchev–Trinajstić information content (AvgIpc) is 2.24. The standard InChI is InChI=1S/C12H16FN3/c1-9(15)12-10(13)5-3-6-11(12)16(2)8-4-7-14/h3,5-6,9H,4,8,15H2,1-2H3. The van der Waals surface area contributed by atoms with Gasteiger partial charge in [-0.3, -0.25) is 0 Å². The second-order valence-corrected chi connectivity index (χ2v) is 3.79. The van der Waals surface area contributed by atoms with E-state index in [1.807, 2.05) is 18.0 Å². The largest absolute Gasteiger partial charge is 0.373 e. The Balaban J connectivity index is 3.03. The van der Waals surface area contributed by atoms with E-state index in [2.05, 4.69) is 6.07 Å². The number of halogens is 1. The molecule has 1 atom stereocenters. The first kappa shape index (κ1) is 12.5. The van der Waals surface area contributed by atoms with Gasteiger partial charge in [-0.15, -0.1) is 0 Å². The number of benzene rings is 1. The Labute approximate surface area is 95.3 Å². The van der Waals surface area contributed by atoms with E-state index in [1.165, 1.54) is 6.07 Å². The van der Waals surface area contributed by atoms with Gasteiger partial charge in [-0.05, 0) is 19.1 Å². The number of rotatable bonds is 4. The molecular weight excluding hydrogens is 205 g/mol. The highest BCUT2D eigenvalue weighted by molar-refractivity contribution is 5.55. The molecule has 1 unspecified atom stereocenters. The maximum Gasteiger partial charge on any atom is 0.130 e. The first-order valence-electron chi connectivity index (χ1n) is 5.20. The molecule has 1 aromatic rings. The molecule has 0 amide bonds. The third-order valence-corrected chi connectivity index (χ3v) is 2.46. The Bertz CT molecular complexity index is 396. The predicted molar refractivity (Wildman–Crippen MR) is 62.5 cm³/mol. The van der Waals surface area contributed by atoms with Crippen LogP contribution in [-0.2, 0) is 0 Å². The van der Waals surface area contributed by atoms with Crippen LogP contribution < -0.4 is 10.6 Å². The molecular formula is C12H16FN3. The smallest absolute Gasteiger partial charge is 0.130 e. The van der Waals surface area contributed by atoms with Crippen LogP contribution in [0.3, 0.4) is 0 Å². The van der Waals surface area contributed by atoms with Crippen LogP contribution in [0.1, 0.15) is 24.9 Å². The number of hydrogen-bond acceptors (Lipinski definition) is 3. The van der Waals surface area contributed by atoms with Gasteiger partial charge in [0.05, 0.1) is 12.5 Å². The molecule has 0 aromatic heterocycles. The molecule has 2 N–H and O–H groups in total. The fraction of sp³-hybridized carbons (Fsp3) is 0.417. The minimum absolute atomic E-state index is 0.295. The van der Waals surface area contributed by atoms with Crippen molar-refractivity contribution in [3.63, 3.8) is 0 Å². The number of anilines is 1. The summed E-state index contributed by atoms with van der Waals surface area (Å²) >= 11 is 0. The van der Waals surface area contributed by atoms with E-state index < -0.39 is 0 Å². The molecule has 16 heavy (non-hydrogen) atoms. The zero-order chi connectivity index (χ0) is 12.1. The Morgan fingerprint density at radius 2 is 2.25 bits per heavy atom. The van der Waals surface area contributed by atoms with Crippen LogP contribution in [0.15, 0.2) is 18.2 Å². The van der Waals surface area contributed by atoms with Gasteiger partial charge in [-0.25, -0.2) is 4.39 Å². The second-order valence-electron chi connectivity index (χ2n) is 3.79. The van der Waals surface area contributed by atoms with Gasteiger partial charge in [-0.2, -0.15) is 5.26 Å². The van der Waals surface area contributed by atoms with E-state index in [0.29, 0.717) is 18.5 Å². The summed E-state index contributed by atoms with van der Waals surface area (Å²) in [5.74, 6) is -0.295. The molecule has 0 saturated heterocycles. The van der Waals surface area contributed by atoms with Gasteiger partial charge in [0.1, 0.15) is 5.82 Å². The van der Waals surface area contributed by atoms with Crippen molar-refractivity contribution in [1.29, 1.82) is 5.26 Å². The number of nitrogens with two attached hydrogens (primary N) is 1. The van der Waals surface area contributed by atoms with Crippen molar-refractivity contribution in [2.24, 2.45) is 5.73 Å². The quantitative estimate of drug-likeness (QED) is 0.848. The molecule has 4 heteroatoms. The van der Waals surface area contributed by atoms with Gasteiger partial charge in [0.2, 0.25) is 0 Å². The van der Waals surface area contributed by atoms with Crippen LogP contribution in [0.4, 0.5) is 10.1 Å². The highest BCUT2D eigenvalue weighted by atomic mass is 19.1. The van der Waals surface area contributed by atoms with Crippen molar-refractivity contribution >= 4 is 5.69 Å². The van der Waals surface area contributed by atoms with Crippen molar-refractivity contribution in [2.75, 3.05) is 18.5 Å². The summed E-state index contributed by atoms with van der Waals surface area (Å²) < 4.78 is 13.6. The predicted octanol–water partition coefficient (Wildman–Crippen LogP) is 2.20. The second kappa shape index (κ2) is 5.47. The summed E-state index contributed by atoms with van der Waals surface area (Å²) in [6.07, 6.45) is 0.408. The molecule has 0 heterocycles. The monoisotopic (exact) mass is 221 g/mol. The lowest BCUT2D eigenvalue weighted by Crippen LogP contribution is -2.22. The topological polar surface area (TPSA) is 53.0 Å². The highest BCUT2D eigenvalue weighted by Crippen LogP contribution is 2.27. The molecule has 1 aromatic carbocycles. The third kappa shape index (κ3) is 2.71. The molecule has 0 aliphatic rings.